The molecule has 128 valence electrons. The molecule has 1 aliphatic heterocycles. The van der Waals surface area contributed by atoms with Crippen molar-refractivity contribution in [3.8, 4) is 5.75 Å². The number of nitrogens with one attached hydrogen (secondary N) is 1. The Balaban J connectivity index is 1.57. The van der Waals surface area contributed by atoms with E-state index in [0.29, 0.717) is 5.13 Å². The van der Waals surface area contributed by atoms with Crippen molar-refractivity contribution in [3.05, 3.63) is 35.8 Å². The fraction of sp³-hybridized carbons (Fsp3) is 0.412. The highest BCUT2D eigenvalue weighted by molar-refractivity contribution is 7.13. The molecule has 1 aliphatic rings. The third-order valence-electron chi connectivity index (χ3n) is 4.33. The van der Waals surface area contributed by atoms with E-state index in [1.165, 1.54) is 11.3 Å². The molecule has 1 amide bonds. The van der Waals surface area contributed by atoms with Crippen molar-refractivity contribution in [1.82, 2.24) is 9.88 Å². The number of aromatic nitrogens is 1. The van der Waals surface area contributed by atoms with E-state index >= 15 is 0 Å². The topological polar surface area (TPSA) is 57.7 Å². The lowest BCUT2D eigenvalue weighted by Crippen LogP contribution is -2.52. The summed E-state index contributed by atoms with van der Waals surface area (Å²) >= 11 is 1.43. The minimum atomic E-state index is -0.172. The highest BCUT2D eigenvalue weighted by Gasteiger charge is 2.26. The van der Waals surface area contributed by atoms with Crippen LogP contribution in [-0.4, -0.2) is 55.1 Å². The second-order valence-corrected chi connectivity index (χ2v) is 6.59. The average Bonchev–Trinajstić information content (AvgIpc) is 3.14. The van der Waals surface area contributed by atoms with Crippen LogP contribution in [0.25, 0.3) is 0 Å². The second-order valence-electron chi connectivity index (χ2n) is 5.70. The van der Waals surface area contributed by atoms with Gasteiger partial charge in [-0.15, -0.1) is 11.3 Å². The SMILES string of the molecule is COc1ccccc1N1CCN(C(C)C(=O)Nc2nccs2)CC1. The van der Waals surface area contributed by atoms with Crippen LogP contribution in [0.1, 0.15) is 6.92 Å². The van der Waals surface area contributed by atoms with Crippen LogP contribution >= 0.6 is 11.3 Å². The lowest BCUT2D eigenvalue weighted by atomic mass is 10.2. The summed E-state index contributed by atoms with van der Waals surface area (Å²) in [4.78, 5) is 21.0. The summed E-state index contributed by atoms with van der Waals surface area (Å²) in [7, 11) is 1.69. The maximum atomic E-state index is 12.3. The number of hydrogen-bond donors (Lipinski definition) is 1. The number of methoxy groups -OCH3 is 1. The number of amides is 1. The van der Waals surface area contributed by atoms with E-state index in [1.54, 1.807) is 13.3 Å². The van der Waals surface area contributed by atoms with Crippen LogP contribution < -0.4 is 15.0 Å². The van der Waals surface area contributed by atoms with Crippen molar-refractivity contribution in [1.29, 1.82) is 0 Å². The summed E-state index contributed by atoms with van der Waals surface area (Å²) in [6.45, 7) is 5.36. The standard InChI is InChI=1S/C17H22N4O2S/c1-13(16(22)19-17-18-7-12-24-17)20-8-10-21(11-9-20)14-5-3-4-6-15(14)23-2/h3-7,12-13H,8-11H2,1-2H3,(H,18,19,22). The Kier molecular flexibility index (Phi) is 5.32. The normalized spacial score (nSPS) is 16.7. The number of anilines is 2. The van der Waals surface area contributed by atoms with E-state index in [2.05, 4.69) is 26.2 Å². The number of piperazine rings is 1. The van der Waals surface area contributed by atoms with Gasteiger partial charge >= 0.3 is 0 Å². The van der Waals surface area contributed by atoms with Gasteiger partial charge in [0.25, 0.3) is 0 Å². The summed E-state index contributed by atoms with van der Waals surface area (Å²) in [5.41, 5.74) is 1.11. The zero-order chi connectivity index (χ0) is 16.9. The molecule has 0 saturated carbocycles. The molecule has 1 fully saturated rings. The number of benzene rings is 1. The van der Waals surface area contributed by atoms with E-state index in [4.69, 9.17) is 4.74 Å². The minimum absolute atomic E-state index is 0.00399. The van der Waals surface area contributed by atoms with Crippen molar-refractivity contribution in [3.63, 3.8) is 0 Å². The highest BCUT2D eigenvalue weighted by atomic mass is 32.1. The van der Waals surface area contributed by atoms with E-state index in [9.17, 15) is 4.79 Å². The molecule has 0 spiro atoms. The Hall–Kier alpha value is -2.12. The van der Waals surface area contributed by atoms with Crippen LogP contribution in [0.5, 0.6) is 5.75 Å². The number of ether oxygens (including phenoxy) is 1. The van der Waals surface area contributed by atoms with Gasteiger partial charge in [0, 0.05) is 37.8 Å². The quantitative estimate of drug-likeness (QED) is 0.900. The summed E-state index contributed by atoms with van der Waals surface area (Å²) in [6.07, 6.45) is 1.69. The third kappa shape index (κ3) is 3.68. The predicted molar refractivity (Wildman–Crippen MR) is 97.0 cm³/mol. The van der Waals surface area contributed by atoms with Gasteiger partial charge in [0.15, 0.2) is 5.13 Å². The number of carbonyl (C=O) groups excluding carboxylic acids is 1. The van der Waals surface area contributed by atoms with Crippen molar-refractivity contribution in [2.24, 2.45) is 0 Å². The number of nitrogens with zero attached hydrogens (tertiary/aromatic N) is 3. The lowest BCUT2D eigenvalue weighted by molar-refractivity contribution is -0.120. The van der Waals surface area contributed by atoms with Crippen molar-refractivity contribution in [2.75, 3.05) is 43.5 Å². The number of hydrogen-bond acceptors (Lipinski definition) is 6. The zero-order valence-corrected chi connectivity index (χ0v) is 14.8. The maximum absolute atomic E-state index is 12.3. The van der Waals surface area contributed by atoms with Gasteiger partial charge in [0.2, 0.25) is 5.91 Å². The molecule has 1 unspecified atom stereocenters. The zero-order valence-electron chi connectivity index (χ0n) is 13.9. The summed E-state index contributed by atoms with van der Waals surface area (Å²) < 4.78 is 5.44. The lowest BCUT2D eigenvalue weighted by Gasteiger charge is -2.38. The first-order chi connectivity index (χ1) is 11.7. The molecule has 1 aromatic heterocycles. The molecule has 0 bridgehead atoms. The molecule has 1 aromatic carbocycles. The van der Waals surface area contributed by atoms with Crippen LogP contribution in [-0.2, 0) is 4.79 Å². The number of carbonyl (C=O) groups is 1. The van der Waals surface area contributed by atoms with Crippen molar-refractivity contribution < 1.29 is 9.53 Å². The monoisotopic (exact) mass is 346 g/mol. The Labute approximate surface area is 146 Å². The van der Waals surface area contributed by atoms with Crippen molar-refractivity contribution in [2.45, 2.75) is 13.0 Å². The molecule has 3 rings (SSSR count). The largest absolute Gasteiger partial charge is 0.495 e. The Morgan fingerprint density at radius 3 is 2.71 bits per heavy atom. The van der Waals surface area contributed by atoms with Crippen LogP contribution in [0.15, 0.2) is 35.8 Å². The molecular formula is C17H22N4O2S. The summed E-state index contributed by atoms with van der Waals surface area (Å²) in [5.74, 6) is 0.885. The second kappa shape index (κ2) is 7.63. The molecule has 2 heterocycles. The highest BCUT2D eigenvalue weighted by Crippen LogP contribution is 2.28. The Morgan fingerprint density at radius 2 is 2.04 bits per heavy atom. The molecular weight excluding hydrogens is 324 g/mol. The van der Waals surface area contributed by atoms with Crippen LogP contribution in [0.4, 0.5) is 10.8 Å². The molecule has 1 N–H and O–H groups in total. The molecule has 1 saturated heterocycles. The van der Waals surface area contributed by atoms with Gasteiger partial charge in [-0.25, -0.2) is 4.98 Å². The smallest absolute Gasteiger partial charge is 0.243 e. The molecule has 7 heteroatoms. The van der Waals surface area contributed by atoms with E-state index in [0.717, 1.165) is 37.6 Å². The van der Waals surface area contributed by atoms with Crippen LogP contribution in [0.3, 0.4) is 0 Å². The average molecular weight is 346 g/mol. The van der Waals surface area contributed by atoms with Crippen LogP contribution in [0, 0.1) is 0 Å². The molecule has 2 aromatic rings. The molecule has 24 heavy (non-hydrogen) atoms. The number of thiazole rings is 1. The first kappa shape index (κ1) is 16.7. The fourth-order valence-corrected chi connectivity index (χ4v) is 3.43. The first-order valence-electron chi connectivity index (χ1n) is 8.01. The van der Waals surface area contributed by atoms with Crippen LogP contribution in [0.2, 0.25) is 0 Å². The summed E-state index contributed by atoms with van der Waals surface area (Å²) in [6, 6.07) is 7.88. The number of rotatable bonds is 5. The van der Waals surface area contributed by atoms with Crippen molar-refractivity contribution >= 4 is 28.1 Å². The van der Waals surface area contributed by atoms with Gasteiger partial charge in [-0.1, -0.05) is 12.1 Å². The minimum Gasteiger partial charge on any atom is -0.495 e. The van der Waals surface area contributed by atoms with E-state index in [-0.39, 0.29) is 11.9 Å². The molecule has 1 atom stereocenters. The summed E-state index contributed by atoms with van der Waals surface area (Å²) in [5, 5.41) is 5.38. The van der Waals surface area contributed by atoms with E-state index < -0.39 is 0 Å². The predicted octanol–water partition coefficient (Wildman–Crippen LogP) is 2.30. The number of para-hydroxylation sites is 2. The molecule has 6 nitrogen and oxygen atoms in total. The Bertz CT molecular complexity index is 669. The van der Waals surface area contributed by atoms with Gasteiger partial charge in [0.05, 0.1) is 18.8 Å². The van der Waals surface area contributed by atoms with Gasteiger partial charge < -0.3 is 15.0 Å². The van der Waals surface area contributed by atoms with Gasteiger partial charge in [-0.2, -0.15) is 0 Å². The van der Waals surface area contributed by atoms with Gasteiger partial charge in [-0.05, 0) is 19.1 Å². The maximum Gasteiger partial charge on any atom is 0.243 e. The fourth-order valence-electron chi connectivity index (χ4n) is 2.90. The third-order valence-corrected chi connectivity index (χ3v) is 5.02. The molecule has 0 aliphatic carbocycles. The van der Waals surface area contributed by atoms with E-state index in [1.807, 2.05) is 30.5 Å². The first-order valence-corrected chi connectivity index (χ1v) is 8.89. The Morgan fingerprint density at radius 1 is 1.29 bits per heavy atom. The molecule has 0 radical (unpaired) electrons. The van der Waals surface area contributed by atoms with Gasteiger partial charge in [-0.3, -0.25) is 9.69 Å². The van der Waals surface area contributed by atoms with Gasteiger partial charge in [0.1, 0.15) is 5.75 Å².